The molecule has 0 atom stereocenters. The molecule has 6 nitrogen and oxygen atoms in total. The Hall–Kier alpha value is -2.74. The Balaban J connectivity index is 2.00. The van der Waals surface area contributed by atoms with Crippen LogP contribution in [0.1, 0.15) is 0 Å². The van der Waals surface area contributed by atoms with Crippen molar-refractivity contribution in [2.24, 2.45) is 5.14 Å². The predicted molar refractivity (Wildman–Crippen MR) is 100 cm³/mol. The summed E-state index contributed by atoms with van der Waals surface area (Å²) in [5.41, 5.74) is 2.97. The number of aromatic nitrogens is 3. The maximum Gasteiger partial charge on any atom is 0.238 e. The van der Waals surface area contributed by atoms with Gasteiger partial charge in [-0.1, -0.05) is 41.9 Å². The quantitative estimate of drug-likeness (QED) is 0.586. The lowest BCUT2D eigenvalue weighted by Crippen LogP contribution is -2.11. The number of sulfonamides is 1. The molecule has 130 valence electrons. The molecule has 0 amide bonds. The normalized spacial score (nSPS) is 11.8. The number of hydrogen-bond acceptors (Lipinski definition) is 4. The van der Waals surface area contributed by atoms with Gasteiger partial charge in [0.1, 0.15) is 5.69 Å². The van der Waals surface area contributed by atoms with Crippen molar-refractivity contribution in [3.05, 3.63) is 72.0 Å². The van der Waals surface area contributed by atoms with E-state index in [1.807, 2.05) is 28.8 Å². The van der Waals surface area contributed by atoms with Gasteiger partial charge in [0, 0.05) is 23.5 Å². The van der Waals surface area contributed by atoms with E-state index in [2.05, 4.69) is 9.97 Å². The summed E-state index contributed by atoms with van der Waals surface area (Å²) in [6.07, 6.45) is 3.51. The molecule has 0 fully saturated rings. The molecule has 8 heteroatoms. The van der Waals surface area contributed by atoms with Crippen molar-refractivity contribution in [3.63, 3.8) is 0 Å². The van der Waals surface area contributed by atoms with Crippen LogP contribution in [0.25, 0.3) is 28.3 Å². The lowest BCUT2D eigenvalue weighted by molar-refractivity contribution is 0.598. The number of fused-ring (bicyclic) bond motifs is 1. The number of halogens is 1. The topological polar surface area (TPSA) is 90.4 Å². The molecular formula is C18H13ClN4O2S. The number of nitrogens with two attached hydrogens (primary N) is 1. The lowest BCUT2D eigenvalue weighted by Gasteiger charge is -2.07. The van der Waals surface area contributed by atoms with E-state index >= 15 is 0 Å². The smallest absolute Gasteiger partial charge is 0.238 e. The minimum Gasteiger partial charge on any atom is -0.283 e. The maximum atomic E-state index is 11.5. The average Bonchev–Trinajstić information content (AvgIpc) is 3.00. The van der Waals surface area contributed by atoms with E-state index in [0.29, 0.717) is 16.5 Å². The van der Waals surface area contributed by atoms with Crippen molar-refractivity contribution < 1.29 is 8.42 Å². The molecule has 0 radical (unpaired) electrons. The van der Waals surface area contributed by atoms with Gasteiger partial charge in [-0.25, -0.2) is 23.5 Å². The average molecular weight is 385 g/mol. The van der Waals surface area contributed by atoms with Crippen LogP contribution in [-0.4, -0.2) is 22.8 Å². The van der Waals surface area contributed by atoms with E-state index < -0.39 is 10.0 Å². The lowest BCUT2D eigenvalue weighted by atomic mass is 10.0. The summed E-state index contributed by atoms with van der Waals surface area (Å²) in [6.45, 7) is 0. The minimum atomic E-state index is -3.76. The molecule has 0 aliphatic rings. The van der Waals surface area contributed by atoms with Gasteiger partial charge < -0.3 is 0 Å². The summed E-state index contributed by atoms with van der Waals surface area (Å²) >= 11 is 6.37. The molecule has 2 N–H and O–H groups in total. The van der Waals surface area contributed by atoms with E-state index in [1.54, 1.807) is 30.5 Å². The summed E-state index contributed by atoms with van der Waals surface area (Å²) in [5, 5.41) is 5.75. The monoisotopic (exact) mass is 384 g/mol. The molecule has 0 saturated heterocycles. The first-order chi connectivity index (χ1) is 12.4. The standard InChI is InChI=1S/C18H13ClN4O2S/c19-15-5-2-1-4-14(15)16-17(23-11-3-10-21-18(23)22-16)12-6-8-13(9-7-12)26(20,24)25/h1-11H,(H2,20,24,25). The zero-order valence-electron chi connectivity index (χ0n) is 13.4. The second-order valence-electron chi connectivity index (χ2n) is 5.65. The number of imidazole rings is 1. The molecule has 0 saturated carbocycles. The molecule has 4 aromatic rings. The van der Waals surface area contributed by atoms with Gasteiger partial charge >= 0.3 is 0 Å². The van der Waals surface area contributed by atoms with Crippen molar-refractivity contribution in [1.82, 2.24) is 14.4 Å². The van der Waals surface area contributed by atoms with Gasteiger partial charge in [0.2, 0.25) is 15.8 Å². The van der Waals surface area contributed by atoms with Crippen molar-refractivity contribution in [2.75, 3.05) is 0 Å². The summed E-state index contributed by atoms with van der Waals surface area (Å²) in [7, 11) is -3.76. The van der Waals surface area contributed by atoms with Crippen molar-refractivity contribution in [1.29, 1.82) is 0 Å². The van der Waals surface area contributed by atoms with Gasteiger partial charge in [-0.15, -0.1) is 0 Å². The number of rotatable bonds is 3. The summed E-state index contributed by atoms with van der Waals surface area (Å²) in [4.78, 5) is 8.96. The first-order valence-corrected chi connectivity index (χ1v) is 9.59. The highest BCUT2D eigenvalue weighted by atomic mass is 35.5. The number of benzene rings is 2. The Labute approximate surface area is 155 Å². The molecule has 26 heavy (non-hydrogen) atoms. The van der Waals surface area contributed by atoms with E-state index in [-0.39, 0.29) is 4.90 Å². The van der Waals surface area contributed by atoms with Crippen molar-refractivity contribution in [2.45, 2.75) is 4.90 Å². The fourth-order valence-corrected chi connectivity index (χ4v) is 3.55. The highest BCUT2D eigenvalue weighted by Gasteiger charge is 2.19. The third kappa shape index (κ3) is 2.86. The largest absolute Gasteiger partial charge is 0.283 e. The molecule has 2 aromatic carbocycles. The van der Waals surface area contributed by atoms with Crippen LogP contribution in [0.4, 0.5) is 0 Å². The Bertz CT molecular complexity index is 1220. The third-order valence-corrected chi connectivity index (χ3v) is 5.25. The highest BCUT2D eigenvalue weighted by molar-refractivity contribution is 7.89. The van der Waals surface area contributed by atoms with Crippen LogP contribution >= 0.6 is 11.6 Å². The molecule has 0 spiro atoms. The van der Waals surface area contributed by atoms with Gasteiger partial charge in [0.15, 0.2) is 0 Å². The maximum absolute atomic E-state index is 11.5. The first kappa shape index (κ1) is 16.7. The molecule has 0 aliphatic heterocycles. The minimum absolute atomic E-state index is 0.0486. The highest BCUT2D eigenvalue weighted by Crippen LogP contribution is 2.36. The van der Waals surface area contributed by atoms with Crippen molar-refractivity contribution in [3.8, 4) is 22.5 Å². The summed E-state index contributed by atoms with van der Waals surface area (Å²) in [6, 6.07) is 15.5. The van der Waals surface area contributed by atoms with Crippen LogP contribution in [0.3, 0.4) is 0 Å². The van der Waals surface area contributed by atoms with Crippen LogP contribution < -0.4 is 5.14 Å². The molecule has 0 aliphatic carbocycles. The van der Waals surface area contributed by atoms with Gasteiger partial charge in [-0.05, 0) is 24.3 Å². The number of primary sulfonamides is 1. The van der Waals surface area contributed by atoms with Crippen LogP contribution in [0.2, 0.25) is 5.02 Å². The van der Waals surface area contributed by atoms with E-state index in [0.717, 1.165) is 16.8 Å². The summed E-state index contributed by atoms with van der Waals surface area (Å²) in [5.74, 6) is 0.521. The molecular weight excluding hydrogens is 372 g/mol. The molecule has 0 unspecified atom stereocenters. The summed E-state index contributed by atoms with van der Waals surface area (Å²) < 4.78 is 24.9. The zero-order chi connectivity index (χ0) is 18.3. The van der Waals surface area contributed by atoms with E-state index in [4.69, 9.17) is 16.7 Å². The van der Waals surface area contributed by atoms with Gasteiger partial charge in [0.05, 0.1) is 15.6 Å². The molecule has 2 aromatic heterocycles. The van der Waals surface area contributed by atoms with Crippen LogP contribution in [0.15, 0.2) is 71.9 Å². The molecule has 2 heterocycles. The van der Waals surface area contributed by atoms with Crippen LogP contribution in [-0.2, 0) is 10.0 Å². The van der Waals surface area contributed by atoms with Crippen molar-refractivity contribution >= 4 is 27.4 Å². The number of hydrogen-bond donors (Lipinski definition) is 1. The number of nitrogens with zero attached hydrogens (tertiary/aromatic N) is 3. The SMILES string of the molecule is NS(=O)(=O)c1ccc(-c2c(-c3ccccc3Cl)nc3ncccn23)cc1. The van der Waals surface area contributed by atoms with Gasteiger partial charge in [-0.2, -0.15) is 0 Å². The third-order valence-electron chi connectivity index (χ3n) is 3.99. The van der Waals surface area contributed by atoms with Crippen LogP contribution in [0.5, 0.6) is 0 Å². The zero-order valence-corrected chi connectivity index (χ0v) is 14.9. The van der Waals surface area contributed by atoms with E-state index in [9.17, 15) is 8.42 Å². The van der Waals surface area contributed by atoms with E-state index in [1.165, 1.54) is 12.1 Å². The van der Waals surface area contributed by atoms with Gasteiger partial charge in [0.25, 0.3) is 0 Å². The Morgan fingerprint density at radius 1 is 1.00 bits per heavy atom. The second-order valence-corrected chi connectivity index (χ2v) is 7.62. The Kier molecular flexibility index (Phi) is 3.99. The Morgan fingerprint density at radius 3 is 2.42 bits per heavy atom. The fourth-order valence-electron chi connectivity index (χ4n) is 2.81. The predicted octanol–water partition coefficient (Wildman–Crippen LogP) is 3.36. The molecule has 0 bridgehead atoms. The van der Waals surface area contributed by atoms with Gasteiger partial charge in [-0.3, -0.25) is 4.40 Å². The fraction of sp³-hybridized carbons (Fsp3) is 0. The Morgan fingerprint density at radius 2 is 1.73 bits per heavy atom. The second kappa shape index (κ2) is 6.21. The van der Waals surface area contributed by atoms with Crippen LogP contribution in [0, 0.1) is 0 Å². The molecule has 4 rings (SSSR count). The first-order valence-electron chi connectivity index (χ1n) is 7.66.